The third kappa shape index (κ3) is 8.24. The maximum atomic E-state index is 14.3. The summed E-state index contributed by atoms with van der Waals surface area (Å²) in [6.45, 7) is 3.07. The highest BCUT2D eigenvalue weighted by Crippen LogP contribution is 2.33. The van der Waals surface area contributed by atoms with Gasteiger partial charge in [0.1, 0.15) is 12.6 Å². The van der Waals surface area contributed by atoms with E-state index in [1.807, 2.05) is 13.8 Å². The number of amides is 2. The van der Waals surface area contributed by atoms with Crippen LogP contribution in [-0.4, -0.2) is 43.8 Å². The number of nitrogens with zero attached hydrogens (tertiary/aromatic N) is 2. The average Bonchev–Trinajstić information content (AvgIpc) is 2.98. The molecule has 1 atom stereocenters. The summed E-state index contributed by atoms with van der Waals surface area (Å²) in [5.41, 5.74) is 1.57. The molecule has 0 spiro atoms. The highest BCUT2D eigenvalue weighted by Gasteiger charge is 2.35. The molecule has 0 bridgehead atoms. The Balaban J connectivity index is 1.74. The number of benzene rings is 3. The number of carbonyl (C=O) groups is 2. The molecule has 1 N–H and O–H groups in total. The summed E-state index contributed by atoms with van der Waals surface area (Å²) >= 11 is 19.3. The fraction of sp³-hybridized carbons (Fsp3) is 0.375. The molecule has 3 aromatic carbocycles. The smallest absolute Gasteiger partial charge is 0.264 e. The molecule has 11 heteroatoms. The normalized spacial score (nSPS) is 14.6. The van der Waals surface area contributed by atoms with Crippen molar-refractivity contribution in [2.75, 3.05) is 10.8 Å². The van der Waals surface area contributed by atoms with Gasteiger partial charge in [-0.05, 0) is 68.1 Å². The minimum atomic E-state index is -4.28. The summed E-state index contributed by atoms with van der Waals surface area (Å²) < 4.78 is 29.1. The zero-order valence-electron chi connectivity index (χ0n) is 24.2. The SMILES string of the molecule is CC[C@H](C(=O)NC1CCCCC1)N(Cc1ccccc1Cl)C(=O)CN(c1cc(Cl)ccc1Cl)S(=O)(=O)c1ccc(C)cc1. The van der Waals surface area contributed by atoms with Gasteiger partial charge in [-0.3, -0.25) is 13.9 Å². The molecular weight excluding hydrogens is 629 g/mol. The fourth-order valence-corrected chi connectivity index (χ4v) is 7.36. The number of halogens is 3. The zero-order valence-corrected chi connectivity index (χ0v) is 27.3. The lowest BCUT2D eigenvalue weighted by Gasteiger charge is -2.34. The maximum absolute atomic E-state index is 14.3. The number of anilines is 1. The van der Waals surface area contributed by atoms with Crippen molar-refractivity contribution in [2.24, 2.45) is 0 Å². The summed E-state index contributed by atoms with van der Waals surface area (Å²) in [5, 5.41) is 3.92. The Morgan fingerprint density at radius 2 is 1.60 bits per heavy atom. The van der Waals surface area contributed by atoms with Crippen LogP contribution in [0.25, 0.3) is 0 Å². The van der Waals surface area contributed by atoms with E-state index >= 15 is 0 Å². The van der Waals surface area contributed by atoms with Crippen LogP contribution in [0.15, 0.2) is 71.6 Å². The van der Waals surface area contributed by atoms with Gasteiger partial charge in [-0.25, -0.2) is 8.42 Å². The Bertz CT molecular complexity index is 1540. The van der Waals surface area contributed by atoms with Crippen molar-refractivity contribution in [3.8, 4) is 0 Å². The highest BCUT2D eigenvalue weighted by molar-refractivity contribution is 7.92. The van der Waals surface area contributed by atoms with E-state index in [4.69, 9.17) is 34.8 Å². The largest absolute Gasteiger partial charge is 0.352 e. The molecule has 0 heterocycles. The molecule has 7 nitrogen and oxygen atoms in total. The van der Waals surface area contributed by atoms with Crippen molar-refractivity contribution in [1.82, 2.24) is 10.2 Å². The minimum absolute atomic E-state index is 0.0107. The molecule has 1 aliphatic carbocycles. The molecule has 4 rings (SSSR count). The number of nitrogens with one attached hydrogen (secondary N) is 1. The van der Waals surface area contributed by atoms with Crippen molar-refractivity contribution in [3.05, 3.63) is 92.9 Å². The lowest BCUT2D eigenvalue weighted by atomic mass is 9.95. The second kappa shape index (κ2) is 14.8. The molecular formula is C32H36Cl3N3O4S. The van der Waals surface area contributed by atoms with Crippen molar-refractivity contribution in [2.45, 2.75) is 75.9 Å². The third-order valence-electron chi connectivity index (χ3n) is 7.70. The van der Waals surface area contributed by atoms with E-state index in [-0.39, 0.29) is 39.1 Å². The first-order valence-corrected chi connectivity index (χ1v) is 17.0. The van der Waals surface area contributed by atoms with Crippen LogP contribution in [-0.2, 0) is 26.2 Å². The molecule has 1 fully saturated rings. The lowest BCUT2D eigenvalue weighted by Crippen LogP contribution is -2.54. The first-order chi connectivity index (χ1) is 20.5. The topological polar surface area (TPSA) is 86.8 Å². The van der Waals surface area contributed by atoms with Crippen LogP contribution >= 0.6 is 34.8 Å². The van der Waals surface area contributed by atoms with Crippen molar-refractivity contribution < 1.29 is 18.0 Å². The molecule has 2 amide bonds. The van der Waals surface area contributed by atoms with E-state index in [2.05, 4.69) is 5.32 Å². The molecule has 1 aliphatic rings. The van der Waals surface area contributed by atoms with E-state index in [0.717, 1.165) is 42.0 Å². The Morgan fingerprint density at radius 1 is 0.930 bits per heavy atom. The molecule has 0 unspecified atom stereocenters. The molecule has 0 radical (unpaired) electrons. The number of carbonyl (C=O) groups excluding carboxylic acids is 2. The molecule has 0 saturated heterocycles. The van der Waals surface area contributed by atoms with Crippen LogP contribution in [0.1, 0.15) is 56.6 Å². The van der Waals surface area contributed by atoms with E-state index in [1.54, 1.807) is 36.4 Å². The van der Waals surface area contributed by atoms with Crippen LogP contribution in [0.3, 0.4) is 0 Å². The van der Waals surface area contributed by atoms with Gasteiger partial charge in [0, 0.05) is 22.6 Å². The van der Waals surface area contributed by atoms with Gasteiger partial charge in [0.05, 0.1) is 15.6 Å². The van der Waals surface area contributed by atoms with Gasteiger partial charge >= 0.3 is 0 Å². The summed E-state index contributed by atoms with van der Waals surface area (Å²) in [4.78, 5) is 29.3. The van der Waals surface area contributed by atoms with Gasteiger partial charge in [-0.1, -0.05) is 96.9 Å². The quantitative estimate of drug-likeness (QED) is 0.231. The van der Waals surface area contributed by atoms with Crippen LogP contribution in [0.4, 0.5) is 5.69 Å². The predicted molar refractivity (Wildman–Crippen MR) is 173 cm³/mol. The number of hydrogen-bond acceptors (Lipinski definition) is 4. The van der Waals surface area contributed by atoms with E-state index in [0.29, 0.717) is 17.0 Å². The lowest BCUT2D eigenvalue weighted by molar-refractivity contribution is -0.140. The van der Waals surface area contributed by atoms with Gasteiger partial charge < -0.3 is 10.2 Å². The van der Waals surface area contributed by atoms with Gasteiger partial charge in [0.15, 0.2) is 0 Å². The summed E-state index contributed by atoms with van der Waals surface area (Å²) in [6.07, 6.45) is 5.30. The fourth-order valence-electron chi connectivity index (χ4n) is 5.30. The number of rotatable bonds is 11. The highest BCUT2D eigenvalue weighted by atomic mass is 35.5. The number of aryl methyl sites for hydroxylation is 1. The molecule has 0 aliphatic heterocycles. The van der Waals surface area contributed by atoms with E-state index < -0.39 is 28.5 Å². The maximum Gasteiger partial charge on any atom is 0.264 e. The molecule has 230 valence electrons. The van der Waals surface area contributed by atoms with Crippen LogP contribution < -0.4 is 9.62 Å². The standard InChI is InChI=1S/C32H36Cl3N3O4S/c1-3-29(32(40)36-25-10-5-4-6-11-25)37(20-23-9-7-8-12-27(23)34)31(39)21-38(30-19-24(33)15-18-28(30)35)43(41,42)26-16-13-22(2)14-17-26/h7-9,12-19,25,29H,3-6,10-11,20-21H2,1-2H3,(H,36,40)/t29-/m1/s1. The van der Waals surface area contributed by atoms with Gasteiger partial charge in [0.2, 0.25) is 11.8 Å². The molecule has 1 saturated carbocycles. The predicted octanol–water partition coefficient (Wildman–Crippen LogP) is 7.41. The molecule has 43 heavy (non-hydrogen) atoms. The van der Waals surface area contributed by atoms with Gasteiger partial charge in [0.25, 0.3) is 10.0 Å². The Labute approximate surface area is 269 Å². The van der Waals surface area contributed by atoms with Crippen LogP contribution in [0, 0.1) is 6.92 Å². The van der Waals surface area contributed by atoms with Gasteiger partial charge in [-0.15, -0.1) is 0 Å². The Hall–Kier alpha value is -2.78. The van der Waals surface area contributed by atoms with Gasteiger partial charge in [-0.2, -0.15) is 0 Å². The third-order valence-corrected chi connectivity index (χ3v) is 10.4. The minimum Gasteiger partial charge on any atom is -0.352 e. The monoisotopic (exact) mass is 663 g/mol. The summed E-state index contributed by atoms with van der Waals surface area (Å²) in [6, 6.07) is 17.0. The second-order valence-corrected chi connectivity index (χ2v) is 13.9. The first-order valence-electron chi connectivity index (χ1n) is 14.4. The first kappa shape index (κ1) is 33.1. The van der Waals surface area contributed by atoms with E-state index in [1.165, 1.54) is 35.2 Å². The molecule has 3 aromatic rings. The van der Waals surface area contributed by atoms with E-state index in [9.17, 15) is 18.0 Å². The number of hydrogen-bond donors (Lipinski definition) is 1. The van der Waals surface area contributed by atoms with Crippen molar-refractivity contribution >= 4 is 62.3 Å². The Morgan fingerprint density at radius 3 is 2.26 bits per heavy atom. The second-order valence-electron chi connectivity index (χ2n) is 10.8. The van der Waals surface area contributed by atoms with Crippen LogP contribution in [0.2, 0.25) is 15.1 Å². The zero-order chi connectivity index (χ0) is 31.1. The van der Waals surface area contributed by atoms with Crippen molar-refractivity contribution in [3.63, 3.8) is 0 Å². The summed E-state index contributed by atoms with van der Waals surface area (Å²) in [5.74, 6) is -0.860. The number of sulfonamides is 1. The molecule has 0 aromatic heterocycles. The van der Waals surface area contributed by atoms with Crippen LogP contribution in [0.5, 0.6) is 0 Å². The average molecular weight is 665 g/mol. The summed E-state index contributed by atoms with van der Waals surface area (Å²) in [7, 11) is -4.28. The Kier molecular flexibility index (Phi) is 11.4. The van der Waals surface area contributed by atoms with Crippen molar-refractivity contribution in [1.29, 1.82) is 0 Å².